The topological polar surface area (TPSA) is 52.5 Å². The molecule has 1 aromatic rings. The van der Waals surface area contributed by atoms with Crippen LogP contribution >= 0.6 is 23.4 Å². The van der Waals surface area contributed by atoms with Crippen molar-refractivity contribution in [3.8, 4) is 0 Å². The molecule has 0 aliphatic carbocycles. The van der Waals surface area contributed by atoms with Gasteiger partial charge in [-0.25, -0.2) is 0 Å². The number of aliphatic hydroxyl groups is 2. The van der Waals surface area contributed by atoms with Crippen molar-refractivity contribution in [2.45, 2.75) is 23.5 Å². The van der Waals surface area contributed by atoms with Gasteiger partial charge in [-0.2, -0.15) is 0 Å². The highest BCUT2D eigenvalue weighted by Crippen LogP contribution is 2.37. The van der Waals surface area contributed by atoms with Crippen molar-refractivity contribution in [3.63, 3.8) is 0 Å². The molecule has 1 aromatic carbocycles. The Hall–Kier alpha value is -0.260. The van der Waals surface area contributed by atoms with Crippen LogP contribution < -0.4 is 5.32 Å². The molecule has 5 heteroatoms. The highest BCUT2D eigenvalue weighted by molar-refractivity contribution is 7.99. The van der Waals surface area contributed by atoms with Crippen LogP contribution in [0.15, 0.2) is 23.1 Å². The van der Waals surface area contributed by atoms with Crippen LogP contribution in [-0.2, 0) is 0 Å². The average molecular weight is 274 g/mol. The molecule has 3 nitrogen and oxygen atoms in total. The first kappa shape index (κ1) is 13.2. The van der Waals surface area contributed by atoms with Gasteiger partial charge in [-0.15, -0.1) is 11.8 Å². The van der Waals surface area contributed by atoms with Crippen molar-refractivity contribution in [1.82, 2.24) is 5.32 Å². The first-order valence-corrected chi connectivity index (χ1v) is 7.01. The van der Waals surface area contributed by atoms with E-state index in [9.17, 15) is 5.11 Å². The Balaban J connectivity index is 2.08. The Morgan fingerprint density at radius 2 is 2.35 bits per heavy atom. The van der Waals surface area contributed by atoms with E-state index in [0.29, 0.717) is 6.54 Å². The maximum Gasteiger partial charge on any atom is 0.0895 e. The molecule has 0 saturated carbocycles. The first-order valence-electron chi connectivity index (χ1n) is 5.65. The van der Waals surface area contributed by atoms with Gasteiger partial charge in [0.15, 0.2) is 0 Å². The lowest BCUT2D eigenvalue weighted by Crippen LogP contribution is -2.33. The van der Waals surface area contributed by atoms with E-state index in [2.05, 4.69) is 5.32 Å². The molecule has 3 N–H and O–H groups in total. The number of hydrogen-bond acceptors (Lipinski definition) is 4. The molecule has 0 amide bonds. The van der Waals surface area contributed by atoms with Crippen LogP contribution in [0.25, 0.3) is 0 Å². The van der Waals surface area contributed by atoms with Crippen LogP contribution in [0.3, 0.4) is 0 Å². The minimum atomic E-state index is -0.702. The minimum Gasteiger partial charge on any atom is -0.394 e. The Labute approximate surface area is 110 Å². The van der Waals surface area contributed by atoms with E-state index in [0.717, 1.165) is 17.2 Å². The van der Waals surface area contributed by atoms with Gasteiger partial charge >= 0.3 is 0 Å². The molecule has 2 rings (SSSR count). The molecular weight excluding hydrogens is 258 g/mol. The molecular formula is C12H16ClNO2S. The second kappa shape index (κ2) is 6.07. The average Bonchev–Trinajstić information content (AvgIpc) is 2.35. The smallest absolute Gasteiger partial charge is 0.0895 e. The van der Waals surface area contributed by atoms with E-state index < -0.39 is 6.10 Å². The van der Waals surface area contributed by atoms with Gasteiger partial charge in [-0.05, 0) is 35.9 Å². The summed E-state index contributed by atoms with van der Waals surface area (Å²) in [7, 11) is 0. The Bertz CT molecular complexity index is 389. The quantitative estimate of drug-likeness (QED) is 0.783. The highest BCUT2D eigenvalue weighted by atomic mass is 35.5. The van der Waals surface area contributed by atoms with Gasteiger partial charge in [0.1, 0.15) is 0 Å². The van der Waals surface area contributed by atoms with E-state index in [-0.39, 0.29) is 12.6 Å². The monoisotopic (exact) mass is 273 g/mol. The summed E-state index contributed by atoms with van der Waals surface area (Å²) in [5.74, 6) is 1.06. The fraction of sp³-hybridized carbons (Fsp3) is 0.500. The fourth-order valence-electron chi connectivity index (χ4n) is 1.92. The van der Waals surface area contributed by atoms with Crippen LogP contribution in [0.1, 0.15) is 18.0 Å². The molecule has 1 heterocycles. The molecule has 1 aliphatic heterocycles. The fourth-order valence-corrected chi connectivity index (χ4v) is 3.21. The van der Waals surface area contributed by atoms with Gasteiger partial charge in [0.05, 0.1) is 12.7 Å². The predicted molar refractivity (Wildman–Crippen MR) is 70.6 cm³/mol. The number of fused-ring (bicyclic) bond motifs is 1. The largest absolute Gasteiger partial charge is 0.394 e. The summed E-state index contributed by atoms with van der Waals surface area (Å²) in [5.41, 5.74) is 1.19. The highest BCUT2D eigenvalue weighted by Gasteiger charge is 2.21. The van der Waals surface area contributed by atoms with Crippen molar-refractivity contribution in [2.24, 2.45) is 0 Å². The van der Waals surface area contributed by atoms with Crippen LogP contribution in [0, 0.1) is 0 Å². The summed E-state index contributed by atoms with van der Waals surface area (Å²) in [5, 5.41) is 22.1. The molecule has 17 heavy (non-hydrogen) atoms. The predicted octanol–water partition coefficient (Wildman–Crippen LogP) is 1.82. The van der Waals surface area contributed by atoms with E-state index >= 15 is 0 Å². The lowest BCUT2D eigenvalue weighted by Gasteiger charge is -2.27. The normalized spacial score (nSPS) is 21.0. The lowest BCUT2D eigenvalue weighted by atomic mass is 10.0. The summed E-state index contributed by atoms with van der Waals surface area (Å²) < 4.78 is 0. The number of benzene rings is 1. The summed E-state index contributed by atoms with van der Waals surface area (Å²) in [6, 6.07) is 6.13. The Kier molecular flexibility index (Phi) is 4.70. The zero-order valence-corrected chi connectivity index (χ0v) is 11.0. The number of hydrogen-bond donors (Lipinski definition) is 3. The zero-order valence-electron chi connectivity index (χ0n) is 9.40. The standard InChI is InChI=1S/C12H16ClNO2S/c13-8-1-2-12-10(5-8)11(3-4-17-12)14-6-9(16)7-15/h1-2,5,9,11,14-16H,3-4,6-7H2. The van der Waals surface area contributed by atoms with Crippen molar-refractivity contribution in [1.29, 1.82) is 0 Å². The van der Waals surface area contributed by atoms with Gasteiger partial charge in [-0.1, -0.05) is 11.6 Å². The molecule has 0 radical (unpaired) electrons. The van der Waals surface area contributed by atoms with E-state index in [1.807, 2.05) is 30.0 Å². The Morgan fingerprint density at radius 3 is 3.12 bits per heavy atom. The van der Waals surface area contributed by atoms with Crippen molar-refractivity contribution >= 4 is 23.4 Å². The third-order valence-electron chi connectivity index (χ3n) is 2.82. The summed E-state index contributed by atoms with van der Waals surface area (Å²) in [6.07, 6.45) is 0.308. The minimum absolute atomic E-state index is 0.211. The maximum atomic E-state index is 9.35. The van der Waals surface area contributed by atoms with Gasteiger partial charge in [0.2, 0.25) is 0 Å². The van der Waals surface area contributed by atoms with Crippen LogP contribution in [-0.4, -0.2) is 35.2 Å². The number of thioether (sulfide) groups is 1. The number of nitrogens with one attached hydrogen (secondary N) is 1. The molecule has 2 unspecified atom stereocenters. The SMILES string of the molecule is OCC(O)CNC1CCSc2ccc(Cl)cc21. The van der Waals surface area contributed by atoms with Crippen molar-refractivity contribution in [2.75, 3.05) is 18.9 Å². The molecule has 94 valence electrons. The molecule has 0 fully saturated rings. The summed E-state index contributed by atoms with van der Waals surface area (Å²) >= 11 is 7.84. The molecule has 0 bridgehead atoms. The van der Waals surface area contributed by atoms with Gasteiger partial charge in [0, 0.05) is 22.5 Å². The summed E-state index contributed by atoms with van der Waals surface area (Å²) in [6.45, 7) is 0.189. The third-order valence-corrected chi connectivity index (χ3v) is 4.18. The number of rotatable bonds is 4. The van der Waals surface area contributed by atoms with Crippen molar-refractivity contribution in [3.05, 3.63) is 28.8 Å². The zero-order chi connectivity index (χ0) is 12.3. The second-order valence-corrected chi connectivity index (χ2v) is 5.69. The van der Waals surface area contributed by atoms with E-state index in [1.165, 1.54) is 10.5 Å². The first-order chi connectivity index (χ1) is 8.20. The number of aliphatic hydroxyl groups excluding tert-OH is 2. The van der Waals surface area contributed by atoms with E-state index in [4.69, 9.17) is 16.7 Å². The molecule has 0 aromatic heterocycles. The van der Waals surface area contributed by atoms with Crippen LogP contribution in [0.4, 0.5) is 0 Å². The second-order valence-electron chi connectivity index (χ2n) is 4.12. The van der Waals surface area contributed by atoms with E-state index in [1.54, 1.807) is 0 Å². The van der Waals surface area contributed by atoms with Crippen LogP contribution in [0.2, 0.25) is 5.02 Å². The van der Waals surface area contributed by atoms with Crippen molar-refractivity contribution < 1.29 is 10.2 Å². The summed E-state index contributed by atoms with van der Waals surface area (Å²) in [4.78, 5) is 1.25. The molecule has 2 atom stereocenters. The number of halogens is 1. The maximum absolute atomic E-state index is 9.35. The molecule has 0 spiro atoms. The van der Waals surface area contributed by atoms with Gasteiger partial charge in [0.25, 0.3) is 0 Å². The lowest BCUT2D eigenvalue weighted by molar-refractivity contribution is 0.0916. The van der Waals surface area contributed by atoms with Gasteiger partial charge in [-0.3, -0.25) is 0 Å². The Morgan fingerprint density at radius 1 is 1.53 bits per heavy atom. The van der Waals surface area contributed by atoms with Crippen LogP contribution in [0.5, 0.6) is 0 Å². The van der Waals surface area contributed by atoms with Gasteiger partial charge < -0.3 is 15.5 Å². The molecule has 0 saturated heterocycles. The molecule has 1 aliphatic rings. The third kappa shape index (κ3) is 3.36.